The zero-order valence-corrected chi connectivity index (χ0v) is 12.1. The Kier molecular flexibility index (Phi) is 6.22. The summed E-state index contributed by atoms with van der Waals surface area (Å²) in [6, 6.07) is 5.82. The maximum atomic E-state index is 6.03. The smallest absolute Gasteiger partial charge is 0.119 e. The fourth-order valence-corrected chi connectivity index (χ4v) is 2.29. The van der Waals surface area contributed by atoms with E-state index in [1.807, 2.05) is 18.2 Å². The molecular formula is C13H18BrClO. The van der Waals surface area contributed by atoms with Crippen molar-refractivity contribution in [3.05, 3.63) is 28.8 Å². The standard InChI is InChI=1S/C13H18BrClO/c1-3-10(4-2)9-16-12-5-6-13(15)11(7-12)8-14/h5-7,10H,3-4,8-9H2,1-2H3. The average Bonchev–Trinajstić information content (AvgIpc) is 2.32. The molecule has 1 aromatic carbocycles. The van der Waals surface area contributed by atoms with Crippen LogP contribution >= 0.6 is 27.5 Å². The predicted molar refractivity (Wildman–Crippen MR) is 73.7 cm³/mol. The molecule has 0 aliphatic rings. The molecule has 1 rings (SSSR count). The predicted octanol–water partition coefficient (Wildman–Crippen LogP) is 5.05. The van der Waals surface area contributed by atoms with Gasteiger partial charge < -0.3 is 4.74 Å². The van der Waals surface area contributed by atoms with Crippen molar-refractivity contribution in [3.63, 3.8) is 0 Å². The van der Waals surface area contributed by atoms with Crippen LogP contribution in [0.2, 0.25) is 5.02 Å². The van der Waals surface area contributed by atoms with Crippen LogP contribution < -0.4 is 4.74 Å². The molecule has 0 unspecified atom stereocenters. The summed E-state index contributed by atoms with van der Waals surface area (Å²) in [4.78, 5) is 0. The maximum absolute atomic E-state index is 6.03. The first-order valence-electron chi connectivity index (χ1n) is 5.68. The molecule has 1 nitrogen and oxygen atoms in total. The molecule has 0 N–H and O–H groups in total. The zero-order valence-electron chi connectivity index (χ0n) is 9.80. The van der Waals surface area contributed by atoms with E-state index in [2.05, 4.69) is 29.8 Å². The largest absolute Gasteiger partial charge is 0.493 e. The van der Waals surface area contributed by atoms with Crippen molar-refractivity contribution >= 4 is 27.5 Å². The van der Waals surface area contributed by atoms with Gasteiger partial charge in [0, 0.05) is 10.4 Å². The van der Waals surface area contributed by atoms with Gasteiger partial charge in [-0.2, -0.15) is 0 Å². The van der Waals surface area contributed by atoms with Crippen LogP contribution in [0.3, 0.4) is 0 Å². The van der Waals surface area contributed by atoms with Crippen molar-refractivity contribution in [2.45, 2.75) is 32.0 Å². The zero-order chi connectivity index (χ0) is 12.0. The molecule has 3 heteroatoms. The van der Waals surface area contributed by atoms with Gasteiger partial charge in [-0.3, -0.25) is 0 Å². The summed E-state index contributed by atoms with van der Waals surface area (Å²) in [5.41, 5.74) is 1.07. The van der Waals surface area contributed by atoms with Gasteiger partial charge in [0.15, 0.2) is 0 Å². The minimum absolute atomic E-state index is 0.642. The Morgan fingerprint density at radius 1 is 1.31 bits per heavy atom. The van der Waals surface area contributed by atoms with Crippen LogP contribution in [0.5, 0.6) is 5.75 Å². The second kappa shape index (κ2) is 7.18. The van der Waals surface area contributed by atoms with Crippen LogP contribution in [0.1, 0.15) is 32.3 Å². The van der Waals surface area contributed by atoms with E-state index in [0.717, 1.165) is 41.1 Å². The van der Waals surface area contributed by atoms with E-state index in [1.54, 1.807) is 0 Å². The Balaban J connectivity index is 2.60. The molecule has 0 aromatic heterocycles. The molecule has 0 aliphatic heterocycles. The molecule has 16 heavy (non-hydrogen) atoms. The lowest BCUT2D eigenvalue weighted by Gasteiger charge is -2.14. The van der Waals surface area contributed by atoms with Crippen molar-refractivity contribution in [2.24, 2.45) is 5.92 Å². The highest BCUT2D eigenvalue weighted by molar-refractivity contribution is 9.08. The van der Waals surface area contributed by atoms with Crippen LogP contribution in [0.15, 0.2) is 18.2 Å². The molecule has 0 atom stereocenters. The summed E-state index contributed by atoms with van der Waals surface area (Å²) < 4.78 is 5.77. The van der Waals surface area contributed by atoms with E-state index in [-0.39, 0.29) is 0 Å². The fourth-order valence-electron chi connectivity index (χ4n) is 1.48. The molecule has 0 saturated heterocycles. The van der Waals surface area contributed by atoms with Crippen molar-refractivity contribution in [3.8, 4) is 5.75 Å². The van der Waals surface area contributed by atoms with Gasteiger partial charge in [-0.25, -0.2) is 0 Å². The number of alkyl halides is 1. The highest BCUT2D eigenvalue weighted by Crippen LogP contribution is 2.24. The first-order chi connectivity index (χ1) is 7.71. The lowest BCUT2D eigenvalue weighted by atomic mass is 10.1. The van der Waals surface area contributed by atoms with Crippen LogP contribution in [0.25, 0.3) is 0 Å². The molecule has 0 spiro atoms. The molecular weight excluding hydrogens is 287 g/mol. The van der Waals surface area contributed by atoms with E-state index in [4.69, 9.17) is 16.3 Å². The monoisotopic (exact) mass is 304 g/mol. The van der Waals surface area contributed by atoms with E-state index < -0.39 is 0 Å². The van der Waals surface area contributed by atoms with Gasteiger partial charge in [-0.1, -0.05) is 54.2 Å². The highest BCUT2D eigenvalue weighted by atomic mass is 79.9. The Bertz CT molecular complexity index is 324. The van der Waals surface area contributed by atoms with Gasteiger partial charge in [-0.15, -0.1) is 0 Å². The molecule has 90 valence electrons. The van der Waals surface area contributed by atoms with Gasteiger partial charge in [0.2, 0.25) is 0 Å². The third-order valence-corrected chi connectivity index (χ3v) is 3.77. The van der Waals surface area contributed by atoms with Crippen LogP contribution in [-0.4, -0.2) is 6.61 Å². The summed E-state index contributed by atoms with van der Waals surface area (Å²) in [7, 11) is 0. The Hall–Kier alpha value is -0.210. The van der Waals surface area contributed by atoms with Crippen molar-refractivity contribution in [1.29, 1.82) is 0 Å². The molecule has 0 bridgehead atoms. The van der Waals surface area contributed by atoms with E-state index >= 15 is 0 Å². The summed E-state index contributed by atoms with van der Waals surface area (Å²) in [6.07, 6.45) is 2.32. The molecule has 0 aliphatic carbocycles. The normalized spacial score (nSPS) is 10.8. The summed E-state index contributed by atoms with van der Waals surface area (Å²) in [5.74, 6) is 1.55. The van der Waals surface area contributed by atoms with Gasteiger partial charge in [0.25, 0.3) is 0 Å². The number of benzene rings is 1. The van der Waals surface area contributed by atoms with Crippen molar-refractivity contribution in [1.82, 2.24) is 0 Å². The van der Waals surface area contributed by atoms with Gasteiger partial charge in [0.05, 0.1) is 6.61 Å². The Morgan fingerprint density at radius 3 is 2.56 bits per heavy atom. The maximum Gasteiger partial charge on any atom is 0.119 e. The second-order valence-corrected chi connectivity index (χ2v) is 4.85. The van der Waals surface area contributed by atoms with Crippen LogP contribution in [0.4, 0.5) is 0 Å². The molecule has 1 aromatic rings. The van der Waals surface area contributed by atoms with Gasteiger partial charge in [-0.05, 0) is 29.7 Å². The quantitative estimate of drug-likeness (QED) is 0.668. The topological polar surface area (TPSA) is 9.23 Å². The Labute approximate surface area is 111 Å². The lowest BCUT2D eigenvalue weighted by molar-refractivity contribution is 0.240. The molecule has 0 heterocycles. The van der Waals surface area contributed by atoms with Crippen LogP contribution in [-0.2, 0) is 5.33 Å². The van der Waals surface area contributed by atoms with Crippen molar-refractivity contribution in [2.75, 3.05) is 6.61 Å². The number of ether oxygens (including phenoxy) is 1. The molecule has 0 radical (unpaired) electrons. The minimum atomic E-state index is 0.642. The first kappa shape index (κ1) is 13.9. The van der Waals surface area contributed by atoms with Crippen LogP contribution in [0, 0.1) is 5.92 Å². The molecule has 0 saturated carbocycles. The summed E-state index contributed by atoms with van der Waals surface area (Å²) >= 11 is 9.44. The number of halogens is 2. The van der Waals surface area contributed by atoms with Crippen molar-refractivity contribution < 1.29 is 4.74 Å². The number of rotatable bonds is 6. The SMILES string of the molecule is CCC(CC)COc1ccc(Cl)c(CBr)c1. The number of hydrogen-bond donors (Lipinski definition) is 0. The lowest BCUT2D eigenvalue weighted by Crippen LogP contribution is -2.10. The minimum Gasteiger partial charge on any atom is -0.493 e. The number of hydrogen-bond acceptors (Lipinski definition) is 1. The molecule has 0 fully saturated rings. The third kappa shape index (κ3) is 3.99. The average molecular weight is 306 g/mol. The summed E-state index contributed by atoms with van der Waals surface area (Å²) in [5, 5.41) is 1.54. The first-order valence-corrected chi connectivity index (χ1v) is 7.18. The summed E-state index contributed by atoms with van der Waals surface area (Å²) in [6.45, 7) is 5.18. The van der Waals surface area contributed by atoms with E-state index in [1.165, 1.54) is 0 Å². The highest BCUT2D eigenvalue weighted by Gasteiger charge is 2.06. The van der Waals surface area contributed by atoms with E-state index in [0.29, 0.717) is 5.92 Å². The van der Waals surface area contributed by atoms with Gasteiger partial charge in [0.1, 0.15) is 5.75 Å². The van der Waals surface area contributed by atoms with E-state index in [9.17, 15) is 0 Å². The third-order valence-electron chi connectivity index (χ3n) is 2.80. The Morgan fingerprint density at radius 2 is 2.00 bits per heavy atom. The fraction of sp³-hybridized carbons (Fsp3) is 0.538. The second-order valence-electron chi connectivity index (χ2n) is 3.88. The molecule has 0 amide bonds. The van der Waals surface area contributed by atoms with Gasteiger partial charge >= 0.3 is 0 Å².